The van der Waals surface area contributed by atoms with Gasteiger partial charge in [0, 0.05) is 9.89 Å². The predicted octanol–water partition coefficient (Wildman–Crippen LogP) is 3.17. The topological polar surface area (TPSA) is 20.2 Å². The van der Waals surface area contributed by atoms with E-state index in [1.165, 1.54) is 11.1 Å². The van der Waals surface area contributed by atoms with E-state index in [0.29, 0.717) is 0 Å². The molecule has 1 atom stereocenters. The van der Waals surface area contributed by atoms with Crippen LogP contribution < -0.4 is 0 Å². The molecule has 0 aromatic heterocycles. The largest absolute Gasteiger partial charge is 0.392 e. The van der Waals surface area contributed by atoms with Gasteiger partial charge in [-0.2, -0.15) is 0 Å². The highest BCUT2D eigenvalue weighted by Gasteiger charge is 2.48. The predicted molar refractivity (Wildman–Crippen MR) is 61.5 cm³/mol. The van der Waals surface area contributed by atoms with Gasteiger partial charge >= 0.3 is 0 Å². The van der Waals surface area contributed by atoms with Crippen LogP contribution in [0.4, 0.5) is 0 Å². The third-order valence-corrected chi connectivity index (χ3v) is 4.21. The Labute approximate surface area is 93.3 Å². The molecule has 0 radical (unpaired) electrons. The van der Waals surface area contributed by atoms with Crippen LogP contribution >= 0.6 is 15.9 Å². The molecule has 0 aliphatic heterocycles. The number of aliphatic hydroxyl groups excluding tert-OH is 1. The summed E-state index contributed by atoms with van der Waals surface area (Å²) < 4.78 is 1.14. The summed E-state index contributed by atoms with van der Waals surface area (Å²) in [5.74, 6) is 0. The second-order valence-electron chi connectivity index (χ2n) is 4.30. The van der Waals surface area contributed by atoms with Crippen molar-refractivity contribution in [3.63, 3.8) is 0 Å². The van der Waals surface area contributed by atoms with Crippen LogP contribution in [0.5, 0.6) is 0 Å². The molecule has 0 bridgehead atoms. The summed E-state index contributed by atoms with van der Waals surface area (Å²) in [5, 5.41) is 9.74. The van der Waals surface area contributed by atoms with Gasteiger partial charge in [0.2, 0.25) is 0 Å². The molecule has 76 valence electrons. The monoisotopic (exact) mass is 254 g/mol. The molecule has 1 aliphatic carbocycles. The van der Waals surface area contributed by atoms with Gasteiger partial charge in [-0.1, -0.05) is 28.1 Å². The smallest absolute Gasteiger partial charge is 0.0608 e. The molecule has 0 heterocycles. The van der Waals surface area contributed by atoms with Crippen LogP contribution in [0.3, 0.4) is 0 Å². The second-order valence-corrected chi connectivity index (χ2v) is 5.15. The van der Waals surface area contributed by atoms with Crippen LogP contribution in [0.25, 0.3) is 0 Å². The molecule has 0 saturated heterocycles. The summed E-state index contributed by atoms with van der Waals surface area (Å²) in [6.45, 7) is 3.98. The van der Waals surface area contributed by atoms with Crippen LogP contribution in [0, 0.1) is 6.92 Å². The summed E-state index contributed by atoms with van der Waals surface area (Å²) in [6, 6.07) is 6.38. The van der Waals surface area contributed by atoms with Gasteiger partial charge < -0.3 is 5.11 Å². The quantitative estimate of drug-likeness (QED) is 0.860. The molecule has 1 aromatic carbocycles. The number of hydrogen-bond acceptors (Lipinski definition) is 1. The Hall–Kier alpha value is -0.340. The zero-order valence-corrected chi connectivity index (χ0v) is 10.1. The van der Waals surface area contributed by atoms with Crippen molar-refractivity contribution in [2.24, 2.45) is 0 Å². The summed E-state index contributed by atoms with van der Waals surface area (Å²) in [4.78, 5) is 0. The molecule has 1 unspecified atom stereocenters. The van der Waals surface area contributed by atoms with Crippen LogP contribution in [0.1, 0.15) is 30.9 Å². The molecule has 1 nitrogen and oxygen atoms in total. The fourth-order valence-electron chi connectivity index (χ4n) is 2.04. The number of benzene rings is 1. The third-order valence-electron chi connectivity index (χ3n) is 3.32. The van der Waals surface area contributed by atoms with E-state index in [-0.39, 0.29) is 11.5 Å². The summed E-state index contributed by atoms with van der Waals surface area (Å²) in [6.07, 6.45) is 2.00. The number of rotatable bonds is 2. The van der Waals surface area contributed by atoms with Crippen molar-refractivity contribution in [1.82, 2.24) is 0 Å². The maximum absolute atomic E-state index is 9.74. The van der Waals surface area contributed by atoms with E-state index >= 15 is 0 Å². The van der Waals surface area contributed by atoms with E-state index in [2.05, 4.69) is 41.1 Å². The lowest BCUT2D eigenvalue weighted by Gasteiger charge is -2.19. The first kappa shape index (κ1) is 10.2. The van der Waals surface area contributed by atoms with E-state index in [0.717, 1.165) is 17.3 Å². The van der Waals surface area contributed by atoms with Gasteiger partial charge in [-0.3, -0.25) is 0 Å². The normalized spacial score (nSPS) is 20.6. The minimum Gasteiger partial charge on any atom is -0.392 e. The number of hydrogen-bond donors (Lipinski definition) is 1. The van der Waals surface area contributed by atoms with Crippen LogP contribution in [-0.2, 0) is 5.41 Å². The fraction of sp³-hybridized carbons (Fsp3) is 0.500. The van der Waals surface area contributed by atoms with Crippen molar-refractivity contribution in [2.75, 3.05) is 0 Å². The highest BCUT2D eigenvalue weighted by Crippen LogP contribution is 2.51. The van der Waals surface area contributed by atoms with Gasteiger partial charge in [0.1, 0.15) is 0 Å². The molecular formula is C12H15BrO. The van der Waals surface area contributed by atoms with E-state index in [9.17, 15) is 5.11 Å². The van der Waals surface area contributed by atoms with Gasteiger partial charge in [0.15, 0.2) is 0 Å². The van der Waals surface area contributed by atoms with E-state index in [4.69, 9.17) is 0 Å². The van der Waals surface area contributed by atoms with Gasteiger partial charge in [0.25, 0.3) is 0 Å². The summed E-state index contributed by atoms with van der Waals surface area (Å²) in [5.41, 5.74) is 2.59. The molecule has 0 spiro atoms. The Kier molecular flexibility index (Phi) is 2.44. The fourth-order valence-corrected chi connectivity index (χ4v) is 2.28. The van der Waals surface area contributed by atoms with Crippen molar-refractivity contribution in [3.05, 3.63) is 33.8 Å². The van der Waals surface area contributed by atoms with Crippen molar-refractivity contribution >= 4 is 15.9 Å². The average molecular weight is 255 g/mol. The van der Waals surface area contributed by atoms with Gasteiger partial charge in [-0.05, 0) is 43.9 Å². The lowest BCUT2D eigenvalue weighted by atomic mass is 9.90. The lowest BCUT2D eigenvalue weighted by molar-refractivity contribution is 0.150. The van der Waals surface area contributed by atoms with Crippen LogP contribution in [0.15, 0.2) is 22.7 Å². The first-order chi connectivity index (χ1) is 6.56. The molecule has 1 saturated carbocycles. The first-order valence-corrected chi connectivity index (χ1v) is 5.80. The minimum atomic E-state index is -0.233. The maximum atomic E-state index is 9.74. The van der Waals surface area contributed by atoms with Gasteiger partial charge in [-0.15, -0.1) is 0 Å². The van der Waals surface area contributed by atoms with Gasteiger partial charge in [0.05, 0.1) is 6.10 Å². The highest BCUT2D eigenvalue weighted by atomic mass is 79.9. The zero-order valence-electron chi connectivity index (χ0n) is 8.55. The van der Waals surface area contributed by atoms with Crippen molar-refractivity contribution < 1.29 is 5.11 Å². The van der Waals surface area contributed by atoms with Crippen LogP contribution in [-0.4, -0.2) is 11.2 Å². The van der Waals surface area contributed by atoms with Gasteiger partial charge in [-0.25, -0.2) is 0 Å². The Morgan fingerprint density at radius 3 is 2.50 bits per heavy atom. The lowest BCUT2D eigenvalue weighted by Crippen LogP contribution is -2.22. The first-order valence-electron chi connectivity index (χ1n) is 5.01. The zero-order chi connectivity index (χ0) is 10.3. The molecule has 1 aliphatic rings. The molecule has 14 heavy (non-hydrogen) atoms. The van der Waals surface area contributed by atoms with E-state index in [1.807, 2.05) is 6.92 Å². The SMILES string of the molecule is Cc1cc(C2(C(C)O)CC2)ccc1Br. The Morgan fingerprint density at radius 2 is 2.07 bits per heavy atom. The summed E-state index contributed by atoms with van der Waals surface area (Å²) >= 11 is 3.49. The van der Waals surface area contributed by atoms with Crippen LogP contribution in [0.2, 0.25) is 0 Å². The van der Waals surface area contributed by atoms with E-state index in [1.54, 1.807) is 0 Å². The molecule has 2 heteroatoms. The Balaban J connectivity index is 2.38. The molecule has 1 fully saturated rings. The Bertz CT molecular complexity index is 353. The third kappa shape index (κ3) is 1.51. The number of halogens is 1. The standard InChI is InChI=1S/C12H15BrO/c1-8-7-10(3-4-11(8)13)12(5-6-12)9(2)14/h3-4,7,9,14H,5-6H2,1-2H3. The Morgan fingerprint density at radius 1 is 1.43 bits per heavy atom. The second kappa shape index (κ2) is 3.35. The molecule has 0 amide bonds. The molecule has 2 rings (SSSR count). The molecule has 1 aromatic rings. The average Bonchev–Trinajstić information content (AvgIpc) is 2.90. The van der Waals surface area contributed by atoms with Crippen molar-refractivity contribution in [2.45, 2.75) is 38.2 Å². The van der Waals surface area contributed by atoms with Crippen molar-refractivity contribution in [3.8, 4) is 0 Å². The molecular weight excluding hydrogens is 240 g/mol. The summed E-state index contributed by atoms with van der Waals surface area (Å²) in [7, 11) is 0. The maximum Gasteiger partial charge on any atom is 0.0608 e. The van der Waals surface area contributed by atoms with Crippen molar-refractivity contribution in [1.29, 1.82) is 0 Å². The highest BCUT2D eigenvalue weighted by molar-refractivity contribution is 9.10. The number of aliphatic hydroxyl groups is 1. The number of aryl methyl sites for hydroxylation is 1. The minimum absolute atomic E-state index is 0.0610. The molecule has 1 N–H and O–H groups in total. The van der Waals surface area contributed by atoms with E-state index < -0.39 is 0 Å².